The molecule has 4 aromatic rings. The third kappa shape index (κ3) is 3.62. The van der Waals surface area contributed by atoms with E-state index in [9.17, 15) is 0 Å². The first-order valence-electron chi connectivity index (χ1n) is 8.91. The number of benzene rings is 3. The van der Waals surface area contributed by atoms with Crippen molar-refractivity contribution in [3.8, 4) is 32.8 Å². The highest BCUT2D eigenvalue weighted by atomic mass is 31.0. The van der Waals surface area contributed by atoms with E-state index in [2.05, 4.69) is 105 Å². The predicted molar refractivity (Wildman–Crippen MR) is 115 cm³/mol. The van der Waals surface area contributed by atoms with Crippen LogP contribution in [0.25, 0.3) is 32.8 Å². The van der Waals surface area contributed by atoms with Crippen LogP contribution in [-0.2, 0) is 0 Å². The van der Waals surface area contributed by atoms with Gasteiger partial charge < -0.3 is 0 Å². The quantitative estimate of drug-likeness (QED) is 0.352. The second-order valence-corrected chi connectivity index (χ2v) is 7.91. The Labute approximate surface area is 157 Å². The largest absolute Gasteiger partial charge is 0.0622 e. The van der Waals surface area contributed by atoms with Gasteiger partial charge in [-0.15, -0.1) is 0 Å². The lowest BCUT2D eigenvalue weighted by Gasteiger charge is -2.11. The summed E-state index contributed by atoms with van der Waals surface area (Å²) in [7, 11) is 1.26. The van der Waals surface area contributed by atoms with Gasteiger partial charge in [0.2, 0.25) is 0 Å². The predicted octanol–water partition coefficient (Wildman–Crippen LogP) is 7.88. The van der Waals surface area contributed by atoms with E-state index >= 15 is 0 Å². The first kappa shape index (κ1) is 16.8. The number of hydrogen-bond acceptors (Lipinski definition) is 0. The Morgan fingerprint density at radius 2 is 0.923 bits per heavy atom. The van der Waals surface area contributed by atoms with E-state index in [-0.39, 0.29) is 0 Å². The van der Waals surface area contributed by atoms with Gasteiger partial charge in [0.1, 0.15) is 0 Å². The summed E-state index contributed by atoms with van der Waals surface area (Å²) >= 11 is 0. The molecule has 1 aromatic heterocycles. The summed E-state index contributed by atoms with van der Waals surface area (Å²) in [4.78, 5) is 0. The first-order chi connectivity index (χ1) is 12.7. The van der Waals surface area contributed by atoms with Crippen LogP contribution in [0, 0.1) is 13.8 Å². The minimum Gasteiger partial charge on any atom is -0.0622 e. The molecule has 0 unspecified atom stereocenters. The second-order valence-electron chi connectivity index (χ2n) is 6.72. The molecule has 0 saturated heterocycles. The molecule has 0 amide bonds. The fourth-order valence-corrected chi connectivity index (χ4v) is 4.30. The molecule has 0 bridgehead atoms. The molecule has 0 N–H and O–H groups in total. The molecule has 1 heteroatoms. The SMILES string of the molecule is Cc1ccc(-c2cc(-c3ccccc3)cc(-c3ccc(C)cc3)p2)cc1. The topological polar surface area (TPSA) is 0 Å². The maximum atomic E-state index is 2.33. The Hall–Kier alpha value is -2.69. The minimum absolute atomic E-state index is 1.26. The maximum absolute atomic E-state index is 2.33. The van der Waals surface area contributed by atoms with Gasteiger partial charge in [-0.1, -0.05) is 98.2 Å². The molecule has 4 rings (SSSR count). The van der Waals surface area contributed by atoms with Crippen molar-refractivity contribution >= 4 is 8.19 Å². The van der Waals surface area contributed by atoms with Crippen LogP contribution >= 0.6 is 8.19 Å². The summed E-state index contributed by atoms with van der Waals surface area (Å²) < 4.78 is 0. The van der Waals surface area contributed by atoms with Crippen LogP contribution in [-0.4, -0.2) is 0 Å². The zero-order chi connectivity index (χ0) is 17.9. The van der Waals surface area contributed by atoms with Crippen molar-refractivity contribution in [2.45, 2.75) is 13.8 Å². The Morgan fingerprint density at radius 1 is 0.462 bits per heavy atom. The van der Waals surface area contributed by atoms with Gasteiger partial charge in [0.25, 0.3) is 0 Å². The normalized spacial score (nSPS) is 10.7. The van der Waals surface area contributed by atoms with Crippen LogP contribution in [0.1, 0.15) is 11.1 Å². The molecule has 26 heavy (non-hydrogen) atoms. The monoisotopic (exact) mass is 352 g/mol. The Balaban J connectivity index is 1.89. The molecule has 126 valence electrons. The molecule has 0 aliphatic heterocycles. The zero-order valence-corrected chi connectivity index (χ0v) is 16.0. The number of aryl methyl sites for hydroxylation is 2. The van der Waals surface area contributed by atoms with Crippen LogP contribution in [0.4, 0.5) is 0 Å². The average molecular weight is 352 g/mol. The second kappa shape index (κ2) is 7.28. The van der Waals surface area contributed by atoms with Crippen molar-refractivity contribution in [2.75, 3.05) is 0 Å². The van der Waals surface area contributed by atoms with Gasteiger partial charge in [-0.2, -0.15) is 0 Å². The van der Waals surface area contributed by atoms with Gasteiger partial charge in [-0.25, -0.2) is 0 Å². The maximum Gasteiger partial charge on any atom is 0.0102 e. The van der Waals surface area contributed by atoms with E-state index in [4.69, 9.17) is 0 Å². The molecule has 0 radical (unpaired) electrons. The third-order valence-corrected chi connectivity index (χ3v) is 5.88. The van der Waals surface area contributed by atoms with E-state index in [0.29, 0.717) is 0 Å². The first-order valence-corrected chi connectivity index (χ1v) is 9.80. The molecule has 0 spiro atoms. The summed E-state index contributed by atoms with van der Waals surface area (Å²) in [6.07, 6.45) is 0. The van der Waals surface area contributed by atoms with Crippen molar-refractivity contribution in [1.82, 2.24) is 0 Å². The van der Waals surface area contributed by atoms with Gasteiger partial charge in [0.05, 0.1) is 0 Å². The highest BCUT2D eigenvalue weighted by molar-refractivity contribution is 7.37. The van der Waals surface area contributed by atoms with Crippen LogP contribution in [0.5, 0.6) is 0 Å². The van der Waals surface area contributed by atoms with E-state index in [1.807, 2.05) is 0 Å². The summed E-state index contributed by atoms with van der Waals surface area (Å²) in [5.41, 5.74) is 7.71. The van der Waals surface area contributed by atoms with Gasteiger partial charge in [0.15, 0.2) is 0 Å². The van der Waals surface area contributed by atoms with Crippen molar-refractivity contribution in [2.24, 2.45) is 0 Å². The van der Waals surface area contributed by atoms with Crippen LogP contribution in [0.2, 0.25) is 0 Å². The Morgan fingerprint density at radius 3 is 1.38 bits per heavy atom. The van der Waals surface area contributed by atoms with Gasteiger partial charge in [-0.3, -0.25) is 0 Å². The molecule has 0 aliphatic carbocycles. The molecule has 0 fully saturated rings. The van der Waals surface area contributed by atoms with E-state index in [0.717, 1.165) is 0 Å². The lowest BCUT2D eigenvalue weighted by Crippen LogP contribution is -1.83. The highest BCUT2D eigenvalue weighted by Crippen LogP contribution is 2.40. The van der Waals surface area contributed by atoms with E-state index in [1.54, 1.807) is 0 Å². The molecule has 1 heterocycles. The van der Waals surface area contributed by atoms with Gasteiger partial charge in [-0.05, 0) is 48.2 Å². The van der Waals surface area contributed by atoms with E-state index < -0.39 is 0 Å². The lowest BCUT2D eigenvalue weighted by atomic mass is 10.0. The molecule has 3 aromatic carbocycles. The van der Waals surface area contributed by atoms with Crippen LogP contribution in [0.3, 0.4) is 0 Å². The zero-order valence-electron chi connectivity index (χ0n) is 15.1. The molecular formula is C25H21P. The van der Waals surface area contributed by atoms with E-state index in [1.165, 1.54) is 52.2 Å². The number of rotatable bonds is 3. The Kier molecular flexibility index (Phi) is 4.69. The van der Waals surface area contributed by atoms with Gasteiger partial charge in [0, 0.05) is 10.6 Å². The smallest absolute Gasteiger partial charge is 0.0102 e. The minimum atomic E-state index is 1.26. The van der Waals surface area contributed by atoms with Gasteiger partial charge >= 0.3 is 0 Å². The molecule has 0 saturated carbocycles. The number of hydrogen-bond donors (Lipinski definition) is 0. The average Bonchev–Trinajstić information content (AvgIpc) is 2.69. The van der Waals surface area contributed by atoms with Crippen molar-refractivity contribution in [3.63, 3.8) is 0 Å². The fraction of sp³-hybridized carbons (Fsp3) is 0.0800. The Bertz CT molecular complexity index is 950. The van der Waals surface area contributed by atoms with Crippen molar-refractivity contribution in [3.05, 3.63) is 102 Å². The summed E-state index contributed by atoms with van der Waals surface area (Å²) in [6, 6.07) is 33.0. The van der Waals surface area contributed by atoms with Crippen LogP contribution in [0.15, 0.2) is 91.0 Å². The molecule has 0 aliphatic rings. The summed E-state index contributed by atoms with van der Waals surface area (Å²) in [5.74, 6) is 0. The highest BCUT2D eigenvalue weighted by Gasteiger charge is 2.08. The fourth-order valence-electron chi connectivity index (χ4n) is 3.07. The lowest BCUT2D eigenvalue weighted by molar-refractivity contribution is 1.47. The molecule has 0 atom stereocenters. The van der Waals surface area contributed by atoms with Crippen molar-refractivity contribution in [1.29, 1.82) is 0 Å². The summed E-state index contributed by atoms with van der Waals surface area (Å²) in [6.45, 7) is 4.27. The molecular weight excluding hydrogens is 331 g/mol. The third-order valence-electron chi connectivity index (χ3n) is 4.63. The standard InChI is InChI=1S/C25H21P/c1-18-8-12-21(13-9-18)24-16-23(20-6-4-3-5-7-20)17-25(26-24)22-14-10-19(2)11-15-22/h3-17H,1-2H3. The summed E-state index contributed by atoms with van der Waals surface area (Å²) in [5, 5.41) is 2.70. The van der Waals surface area contributed by atoms with Crippen LogP contribution < -0.4 is 0 Å². The molecule has 0 nitrogen and oxygen atoms in total. The van der Waals surface area contributed by atoms with Crippen molar-refractivity contribution < 1.29 is 0 Å².